The first-order valence-electron chi connectivity index (χ1n) is 9.03. The average molecular weight is 335 g/mol. The molecule has 1 aromatic rings. The first-order valence-corrected chi connectivity index (χ1v) is 9.03. The summed E-state index contributed by atoms with van der Waals surface area (Å²) < 4.78 is 22.7. The Bertz CT molecular complexity index is 497. The van der Waals surface area contributed by atoms with Gasteiger partial charge in [-0.15, -0.1) is 0 Å². The molecule has 24 heavy (non-hydrogen) atoms. The van der Waals surface area contributed by atoms with E-state index in [1.165, 1.54) is 25.7 Å². The van der Waals surface area contributed by atoms with Crippen LogP contribution >= 0.6 is 0 Å². The standard InChI is InChI=1S/C19H29NO4/c1-21-17-10-14(12-20-15-6-3-4-7-15)11-18(22-2)19(17)24-13-16-8-5-9-23-16/h10-11,15-16,20H,3-9,12-13H2,1-2H3. The minimum atomic E-state index is 0.170. The van der Waals surface area contributed by atoms with Crippen molar-refractivity contribution in [2.45, 2.75) is 57.2 Å². The van der Waals surface area contributed by atoms with Crippen LogP contribution < -0.4 is 19.5 Å². The molecule has 0 bridgehead atoms. The van der Waals surface area contributed by atoms with Gasteiger partial charge >= 0.3 is 0 Å². The lowest BCUT2D eigenvalue weighted by molar-refractivity contribution is 0.0659. The number of benzene rings is 1. The van der Waals surface area contributed by atoms with Crippen LogP contribution in [0, 0.1) is 0 Å². The third-order valence-corrected chi connectivity index (χ3v) is 4.91. The molecule has 2 aliphatic rings. The summed E-state index contributed by atoms with van der Waals surface area (Å²) in [6.07, 6.45) is 7.54. The molecule has 1 heterocycles. The molecule has 1 aromatic carbocycles. The van der Waals surface area contributed by atoms with Gasteiger partial charge in [-0.1, -0.05) is 12.8 Å². The maximum atomic E-state index is 5.97. The topological polar surface area (TPSA) is 49.0 Å². The van der Waals surface area contributed by atoms with Crippen molar-refractivity contribution in [3.05, 3.63) is 17.7 Å². The van der Waals surface area contributed by atoms with Gasteiger partial charge in [-0.2, -0.15) is 0 Å². The number of nitrogens with one attached hydrogen (secondary N) is 1. The summed E-state index contributed by atoms with van der Waals surface area (Å²) in [4.78, 5) is 0. The van der Waals surface area contributed by atoms with Gasteiger partial charge in [0.05, 0.1) is 20.3 Å². The maximum absolute atomic E-state index is 5.97. The maximum Gasteiger partial charge on any atom is 0.203 e. The molecule has 5 nitrogen and oxygen atoms in total. The zero-order valence-electron chi connectivity index (χ0n) is 14.8. The SMILES string of the molecule is COc1cc(CNC2CCCC2)cc(OC)c1OCC1CCCO1. The van der Waals surface area contributed by atoms with Crippen LogP contribution in [0.5, 0.6) is 17.2 Å². The molecular weight excluding hydrogens is 306 g/mol. The van der Waals surface area contributed by atoms with Crippen molar-refractivity contribution in [1.82, 2.24) is 5.32 Å². The molecule has 5 heteroatoms. The summed E-state index contributed by atoms with van der Waals surface area (Å²) in [6, 6.07) is 4.71. The summed E-state index contributed by atoms with van der Waals surface area (Å²) >= 11 is 0. The molecular formula is C19H29NO4. The summed E-state index contributed by atoms with van der Waals surface area (Å²) in [5, 5.41) is 3.62. The highest BCUT2D eigenvalue weighted by Gasteiger charge is 2.20. The number of methoxy groups -OCH3 is 2. The molecule has 1 atom stereocenters. The van der Waals surface area contributed by atoms with E-state index < -0.39 is 0 Å². The monoisotopic (exact) mass is 335 g/mol. The van der Waals surface area contributed by atoms with Crippen molar-refractivity contribution >= 4 is 0 Å². The Morgan fingerprint density at radius 2 is 1.75 bits per heavy atom. The van der Waals surface area contributed by atoms with E-state index in [9.17, 15) is 0 Å². The minimum absolute atomic E-state index is 0.170. The zero-order valence-corrected chi connectivity index (χ0v) is 14.8. The van der Waals surface area contributed by atoms with E-state index in [0.717, 1.165) is 43.1 Å². The highest BCUT2D eigenvalue weighted by atomic mass is 16.6. The van der Waals surface area contributed by atoms with E-state index in [4.69, 9.17) is 18.9 Å². The van der Waals surface area contributed by atoms with E-state index in [1.54, 1.807) is 14.2 Å². The lowest BCUT2D eigenvalue weighted by Crippen LogP contribution is -2.25. The Kier molecular flexibility index (Phi) is 6.21. The van der Waals surface area contributed by atoms with Gasteiger partial charge in [0, 0.05) is 19.2 Å². The lowest BCUT2D eigenvalue weighted by Gasteiger charge is -2.19. The van der Waals surface area contributed by atoms with Crippen LogP contribution in [0.25, 0.3) is 0 Å². The molecule has 1 saturated carbocycles. The molecule has 2 fully saturated rings. The molecule has 1 aliphatic heterocycles. The van der Waals surface area contributed by atoms with Crippen LogP contribution in [0.4, 0.5) is 0 Å². The van der Waals surface area contributed by atoms with E-state index in [0.29, 0.717) is 18.4 Å². The van der Waals surface area contributed by atoms with E-state index >= 15 is 0 Å². The predicted molar refractivity (Wildman–Crippen MR) is 93.1 cm³/mol. The minimum Gasteiger partial charge on any atom is -0.493 e. The average Bonchev–Trinajstić information content (AvgIpc) is 3.31. The van der Waals surface area contributed by atoms with Gasteiger partial charge in [-0.3, -0.25) is 0 Å². The molecule has 1 aliphatic carbocycles. The van der Waals surface area contributed by atoms with E-state index in [1.807, 2.05) is 12.1 Å². The van der Waals surface area contributed by atoms with Gasteiger partial charge in [0.15, 0.2) is 11.5 Å². The van der Waals surface area contributed by atoms with Crippen LogP contribution in [0.1, 0.15) is 44.1 Å². The summed E-state index contributed by atoms with van der Waals surface area (Å²) in [7, 11) is 3.34. The second-order valence-electron chi connectivity index (χ2n) is 6.64. The van der Waals surface area contributed by atoms with Crippen LogP contribution in [0.2, 0.25) is 0 Å². The van der Waals surface area contributed by atoms with Gasteiger partial charge in [0.2, 0.25) is 5.75 Å². The number of hydrogen-bond donors (Lipinski definition) is 1. The fraction of sp³-hybridized carbons (Fsp3) is 0.684. The Labute approximate surface area is 144 Å². The van der Waals surface area contributed by atoms with E-state index in [2.05, 4.69) is 5.32 Å². The molecule has 1 saturated heterocycles. The van der Waals surface area contributed by atoms with Crippen molar-refractivity contribution in [1.29, 1.82) is 0 Å². The number of rotatable bonds is 8. The number of ether oxygens (including phenoxy) is 4. The Balaban J connectivity index is 1.67. The van der Waals surface area contributed by atoms with E-state index in [-0.39, 0.29) is 6.10 Å². The lowest BCUT2D eigenvalue weighted by atomic mass is 10.1. The summed E-state index contributed by atoms with van der Waals surface area (Å²) in [5.41, 5.74) is 1.15. The largest absolute Gasteiger partial charge is 0.493 e. The Morgan fingerprint density at radius 3 is 2.33 bits per heavy atom. The Morgan fingerprint density at radius 1 is 1.04 bits per heavy atom. The highest BCUT2D eigenvalue weighted by molar-refractivity contribution is 5.53. The first-order chi connectivity index (χ1) is 11.8. The molecule has 3 rings (SSSR count). The summed E-state index contributed by atoms with van der Waals surface area (Å²) in [5.74, 6) is 2.10. The van der Waals surface area contributed by atoms with Gasteiger partial charge in [0.25, 0.3) is 0 Å². The van der Waals surface area contributed by atoms with Gasteiger partial charge < -0.3 is 24.3 Å². The number of hydrogen-bond acceptors (Lipinski definition) is 5. The fourth-order valence-corrected chi connectivity index (χ4v) is 3.52. The van der Waals surface area contributed by atoms with Crippen LogP contribution in [-0.2, 0) is 11.3 Å². The molecule has 1 N–H and O–H groups in total. The predicted octanol–water partition coefficient (Wildman–Crippen LogP) is 3.29. The summed E-state index contributed by atoms with van der Waals surface area (Å²) in [6.45, 7) is 2.18. The third-order valence-electron chi connectivity index (χ3n) is 4.91. The highest BCUT2D eigenvalue weighted by Crippen LogP contribution is 2.39. The molecule has 0 radical (unpaired) electrons. The molecule has 134 valence electrons. The Hall–Kier alpha value is -1.46. The van der Waals surface area contributed by atoms with Gasteiger partial charge in [-0.25, -0.2) is 0 Å². The first kappa shape index (κ1) is 17.4. The quantitative estimate of drug-likeness (QED) is 0.790. The molecule has 0 aromatic heterocycles. The van der Waals surface area contributed by atoms with Crippen molar-refractivity contribution in [3.8, 4) is 17.2 Å². The van der Waals surface area contributed by atoms with Crippen molar-refractivity contribution in [2.24, 2.45) is 0 Å². The van der Waals surface area contributed by atoms with Gasteiger partial charge in [-0.05, 0) is 43.4 Å². The fourth-order valence-electron chi connectivity index (χ4n) is 3.52. The van der Waals surface area contributed by atoms with Crippen molar-refractivity contribution in [3.63, 3.8) is 0 Å². The zero-order chi connectivity index (χ0) is 16.8. The second kappa shape index (κ2) is 8.58. The molecule has 0 spiro atoms. The molecule has 1 unspecified atom stereocenters. The van der Waals surface area contributed by atoms with Gasteiger partial charge in [0.1, 0.15) is 6.61 Å². The second-order valence-corrected chi connectivity index (χ2v) is 6.64. The van der Waals surface area contributed by atoms with Crippen molar-refractivity contribution < 1.29 is 18.9 Å². The van der Waals surface area contributed by atoms with Crippen LogP contribution in [0.15, 0.2) is 12.1 Å². The van der Waals surface area contributed by atoms with Crippen molar-refractivity contribution in [2.75, 3.05) is 27.4 Å². The van der Waals surface area contributed by atoms with Crippen LogP contribution in [0.3, 0.4) is 0 Å². The third kappa shape index (κ3) is 4.33. The smallest absolute Gasteiger partial charge is 0.203 e. The normalized spacial score (nSPS) is 21.2. The van der Waals surface area contributed by atoms with Crippen LogP contribution in [-0.4, -0.2) is 39.6 Å². The molecule has 0 amide bonds.